The first-order valence-electron chi connectivity index (χ1n) is 8.16. The van der Waals surface area contributed by atoms with E-state index < -0.39 is 0 Å². The van der Waals surface area contributed by atoms with Gasteiger partial charge in [-0.1, -0.05) is 48.2 Å². The first-order chi connectivity index (χ1) is 13.3. The predicted molar refractivity (Wildman–Crippen MR) is 104 cm³/mol. The Hall–Kier alpha value is -3.46. The summed E-state index contributed by atoms with van der Waals surface area (Å²) < 4.78 is 1.59. The average Bonchev–Trinajstić information content (AvgIpc) is 3.34. The third-order valence-corrected chi connectivity index (χ3v) is 4.71. The van der Waals surface area contributed by atoms with Crippen LogP contribution in [0.4, 0.5) is 0 Å². The van der Waals surface area contributed by atoms with Crippen molar-refractivity contribution in [2.45, 2.75) is 5.16 Å². The van der Waals surface area contributed by atoms with Crippen molar-refractivity contribution in [3.05, 3.63) is 66.4 Å². The fourth-order valence-corrected chi connectivity index (χ4v) is 3.22. The molecule has 2 aromatic carbocycles. The van der Waals surface area contributed by atoms with E-state index >= 15 is 0 Å². The minimum Gasteiger partial charge on any atom is -0.361 e. The summed E-state index contributed by atoms with van der Waals surface area (Å²) in [5, 5.41) is 17.2. The van der Waals surface area contributed by atoms with Gasteiger partial charge in [-0.25, -0.2) is 5.43 Å². The van der Waals surface area contributed by atoms with Crippen LogP contribution >= 0.6 is 11.8 Å². The highest BCUT2D eigenvalue weighted by Crippen LogP contribution is 2.18. The number of amides is 1. The van der Waals surface area contributed by atoms with Crippen LogP contribution in [0.25, 0.3) is 16.6 Å². The Morgan fingerprint density at radius 3 is 2.89 bits per heavy atom. The number of H-pyrrole nitrogens is 1. The Labute approximate surface area is 158 Å². The van der Waals surface area contributed by atoms with Gasteiger partial charge in [0.15, 0.2) is 0 Å². The monoisotopic (exact) mass is 377 g/mol. The Balaban J connectivity index is 1.35. The number of benzene rings is 2. The van der Waals surface area contributed by atoms with E-state index in [1.54, 1.807) is 10.9 Å². The van der Waals surface area contributed by atoms with Gasteiger partial charge < -0.3 is 4.98 Å². The van der Waals surface area contributed by atoms with E-state index in [4.69, 9.17) is 0 Å². The third-order valence-electron chi connectivity index (χ3n) is 3.79. The molecular formula is C18H15N7OS. The maximum atomic E-state index is 12.0. The molecule has 0 saturated heterocycles. The van der Waals surface area contributed by atoms with Crippen molar-refractivity contribution >= 4 is 34.8 Å². The highest BCUT2D eigenvalue weighted by atomic mass is 32.2. The molecule has 9 heteroatoms. The minimum atomic E-state index is -0.237. The van der Waals surface area contributed by atoms with Crippen LogP contribution in [0.5, 0.6) is 0 Å². The van der Waals surface area contributed by atoms with Crippen molar-refractivity contribution in [1.29, 1.82) is 0 Å². The van der Waals surface area contributed by atoms with Crippen LogP contribution in [-0.4, -0.2) is 43.1 Å². The Bertz CT molecular complexity index is 1090. The summed E-state index contributed by atoms with van der Waals surface area (Å²) in [5.74, 6) is -0.0861. The number of tetrazole rings is 1. The molecule has 27 heavy (non-hydrogen) atoms. The molecule has 0 radical (unpaired) electrons. The Morgan fingerprint density at radius 2 is 2.00 bits per heavy atom. The molecule has 0 unspecified atom stereocenters. The lowest BCUT2D eigenvalue weighted by Gasteiger charge is -2.03. The summed E-state index contributed by atoms with van der Waals surface area (Å²) >= 11 is 1.24. The van der Waals surface area contributed by atoms with Gasteiger partial charge in [-0.15, -0.1) is 5.10 Å². The predicted octanol–water partition coefficient (Wildman–Crippen LogP) is 2.39. The van der Waals surface area contributed by atoms with Crippen LogP contribution < -0.4 is 5.43 Å². The molecule has 8 nitrogen and oxygen atoms in total. The van der Waals surface area contributed by atoms with Gasteiger partial charge in [0.2, 0.25) is 5.16 Å². The van der Waals surface area contributed by atoms with E-state index in [0.29, 0.717) is 5.16 Å². The number of fused-ring (bicyclic) bond motifs is 1. The number of carbonyl (C=O) groups excluding carboxylic acids is 1. The summed E-state index contributed by atoms with van der Waals surface area (Å²) in [5.41, 5.74) is 5.29. The van der Waals surface area contributed by atoms with E-state index in [1.165, 1.54) is 11.8 Å². The van der Waals surface area contributed by atoms with E-state index in [-0.39, 0.29) is 11.7 Å². The lowest BCUT2D eigenvalue weighted by Crippen LogP contribution is -2.20. The van der Waals surface area contributed by atoms with Gasteiger partial charge in [-0.3, -0.25) is 4.79 Å². The van der Waals surface area contributed by atoms with Crippen molar-refractivity contribution < 1.29 is 4.79 Å². The summed E-state index contributed by atoms with van der Waals surface area (Å²) in [4.78, 5) is 15.2. The number of nitrogens with one attached hydrogen (secondary N) is 2. The SMILES string of the molecule is O=C(CSc1nnnn1-c1ccccc1)N/N=C/c1c[nH]c2ccccc12. The zero-order valence-electron chi connectivity index (χ0n) is 14.1. The molecular weight excluding hydrogens is 362 g/mol. The normalized spacial score (nSPS) is 11.3. The number of thioether (sulfide) groups is 1. The maximum Gasteiger partial charge on any atom is 0.250 e. The summed E-state index contributed by atoms with van der Waals surface area (Å²) in [6.07, 6.45) is 3.47. The molecule has 0 saturated carbocycles. The third kappa shape index (κ3) is 3.87. The van der Waals surface area contributed by atoms with E-state index in [0.717, 1.165) is 22.2 Å². The van der Waals surface area contributed by atoms with Crippen LogP contribution in [0.2, 0.25) is 0 Å². The van der Waals surface area contributed by atoms with Crippen molar-refractivity contribution in [3.63, 3.8) is 0 Å². The van der Waals surface area contributed by atoms with E-state index in [9.17, 15) is 4.79 Å². The fourth-order valence-electron chi connectivity index (χ4n) is 2.54. The molecule has 2 heterocycles. The Kier molecular flexibility index (Phi) is 4.93. The number of hydrogen-bond donors (Lipinski definition) is 2. The van der Waals surface area contributed by atoms with Crippen molar-refractivity contribution in [2.24, 2.45) is 5.10 Å². The highest BCUT2D eigenvalue weighted by molar-refractivity contribution is 7.99. The minimum absolute atomic E-state index is 0.151. The number of para-hydroxylation sites is 2. The average molecular weight is 377 g/mol. The largest absolute Gasteiger partial charge is 0.361 e. The van der Waals surface area contributed by atoms with Gasteiger partial charge in [0.05, 0.1) is 17.7 Å². The molecule has 2 aromatic heterocycles. The fraction of sp³-hybridized carbons (Fsp3) is 0.0556. The molecule has 2 N–H and O–H groups in total. The Morgan fingerprint density at radius 1 is 1.19 bits per heavy atom. The first-order valence-corrected chi connectivity index (χ1v) is 9.14. The van der Waals surface area contributed by atoms with Crippen molar-refractivity contribution in [2.75, 3.05) is 5.75 Å². The molecule has 4 aromatic rings. The first kappa shape index (κ1) is 17.0. The molecule has 0 spiro atoms. The van der Waals surface area contributed by atoms with Crippen LogP contribution in [0.3, 0.4) is 0 Å². The molecule has 0 aliphatic carbocycles. The number of aromatic nitrogens is 5. The van der Waals surface area contributed by atoms with Gasteiger partial charge in [0, 0.05) is 22.7 Å². The van der Waals surface area contributed by atoms with Crippen molar-refractivity contribution in [1.82, 2.24) is 30.6 Å². The lowest BCUT2D eigenvalue weighted by atomic mass is 10.2. The van der Waals surface area contributed by atoms with Crippen LogP contribution in [0, 0.1) is 0 Å². The summed E-state index contributed by atoms with van der Waals surface area (Å²) in [6, 6.07) is 17.4. The second-order valence-electron chi connectivity index (χ2n) is 5.58. The second-order valence-corrected chi connectivity index (χ2v) is 6.52. The zero-order chi connectivity index (χ0) is 18.5. The lowest BCUT2D eigenvalue weighted by molar-refractivity contribution is -0.118. The number of nitrogens with zero attached hydrogens (tertiary/aromatic N) is 5. The molecule has 4 rings (SSSR count). The maximum absolute atomic E-state index is 12.0. The van der Waals surface area contributed by atoms with E-state index in [1.807, 2.05) is 60.8 Å². The van der Waals surface area contributed by atoms with Gasteiger partial charge >= 0.3 is 0 Å². The molecule has 0 atom stereocenters. The zero-order valence-corrected chi connectivity index (χ0v) is 14.9. The van der Waals surface area contributed by atoms with Crippen LogP contribution in [-0.2, 0) is 4.79 Å². The topological polar surface area (TPSA) is 101 Å². The number of hydrazone groups is 1. The van der Waals surface area contributed by atoms with Crippen molar-refractivity contribution in [3.8, 4) is 5.69 Å². The number of aromatic amines is 1. The second kappa shape index (κ2) is 7.83. The standard InChI is InChI=1S/C18H15N7OS/c26-17(21-20-11-13-10-19-16-9-5-4-8-15(13)16)12-27-18-22-23-24-25(18)14-6-2-1-3-7-14/h1-11,19H,12H2,(H,21,26)/b20-11+. The number of rotatable bonds is 6. The van der Waals surface area contributed by atoms with E-state index in [2.05, 4.69) is 31.0 Å². The van der Waals surface area contributed by atoms with Gasteiger partial charge in [-0.2, -0.15) is 9.78 Å². The molecule has 0 aliphatic rings. The van der Waals surface area contributed by atoms with Gasteiger partial charge in [-0.05, 0) is 28.6 Å². The van der Waals surface area contributed by atoms with Gasteiger partial charge in [0.25, 0.3) is 5.91 Å². The van der Waals surface area contributed by atoms with Crippen LogP contribution in [0.15, 0.2) is 71.1 Å². The summed E-state index contributed by atoms with van der Waals surface area (Å²) in [6.45, 7) is 0. The molecule has 0 aliphatic heterocycles. The quantitative estimate of drug-likeness (QED) is 0.305. The van der Waals surface area contributed by atoms with Crippen LogP contribution in [0.1, 0.15) is 5.56 Å². The summed E-state index contributed by atoms with van der Waals surface area (Å²) in [7, 11) is 0. The van der Waals surface area contributed by atoms with Gasteiger partial charge in [0.1, 0.15) is 0 Å². The number of carbonyl (C=O) groups is 1. The molecule has 134 valence electrons. The molecule has 0 bridgehead atoms. The highest BCUT2D eigenvalue weighted by Gasteiger charge is 2.11. The smallest absolute Gasteiger partial charge is 0.250 e. The number of hydrogen-bond acceptors (Lipinski definition) is 6. The molecule has 0 fully saturated rings. The molecule has 1 amide bonds.